The molecule has 2 atom stereocenters. The molecule has 0 spiro atoms. The quantitative estimate of drug-likeness (QED) is 0.872. The van der Waals surface area contributed by atoms with Crippen LogP contribution in [0.5, 0.6) is 0 Å². The van der Waals surface area contributed by atoms with Crippen molar-refractivity contribution in [3.8, 4) is 0 Å². The number of rotatable bonds is 4. The van der Waals surface area contributed by atoms with Gasteiger partial charge < -0.3 is 5.32 Å². The third-order valence-electron chi connectivity index (χ3n) is 3.56. The van der Waals surface area contributed by atoms with Gasteiger partial charge in [0.2, 0.25) is 0 Å². The van der Waals surface area contributed by atoms with Gasteiger partial charge in [-0.1, -0.05) is 20.8 Å². The maximum Gasteiger partial charge on any atom is 0.0937 e. The molecule has 1 aromatic rings. The minimum Gasteiger partial charge on any atom is -0.313 e. The minimum atomic E-state index is 0.526. The van der Waals surface area contributed by atoms with Crippen LogP contribution >= 0.6 is 11.3 Å². The summed E-state index contributed by atoms with van der Waals surface area (Å²) in [6.07, 6.45) is 5.62. The maximum absolute atomic E-state index is 4.31. The van der Waals surface area contributed by atoms with E-state index in [1.165, 1.54) is 17.8 Å². The van der Waals surface area contributed by atoms with E-state index in [0.29, 0.717) is 11.5 Å². The normalized spacial score (nSPS) is 28.4. The van der Waals surface area contributed by atoms with Crippen molar-refractivity contribution in [1.82, 2.24) is 10.3 Å². The molecular formula is C13H22N2S. The molecule has 0 aliphatic heterocycles. The average Bonchev–Trinajstić information content (AvgIpc) is 2.75. The van der Waals surface area contributed by atoms with E-state index < -0.39 is 0 Å². The summed E-state index contributed by atoms with van der Waals surface area (Å²) < 4.78 is 0. The lowest BCUT2D eigenvalue weighted by molar-refractivity contribution is 0.362. The summed E-state index contributed by atoms with van der Waals surface area (Å²) in [7, 11) is 0. The van der Waals surface area contributed by atoms with Gasteiger partial charge in [-0.2, -0.15) is 0 Å². The smallest absolute Gasteiger partial charge is 0.0937 e. The second-order valence-electron chi connectivity index (χ2n) is 5.79. The fraction of sp³-hybridized carbons (Fsp3) is 0.769. The first-order chi connectivity index (χ1) is 7.57. The van der Waals surface area contributed by atoms with Gasteiger partial charge in [-0.05, 0) is 24.2 Å². The molecule has 16 heavy (non-hydrogen) atoms. The summed E-state index contributed by atoms with van der Waals surface area (Å²) in [5.74, 6) is 0.811. The van der Waals surface area contributed by atoms with Crippen molar-refractivity contribution in [3.05, 3.63) is 16.6 Å². The van der Waals surface area contributed by atoms with Crippen LogP contribution < -0.4 is 5.32 Å². The van der Waals surface area contributed by atoms with Crippen molar-refractivity contribution in [2.75, 3.05) is 6.54 Å². The van der Waals surface area contributed by atoms with Crippen LogP contribution in [0.2, 0.25) is 0 Å². The van der Waals surface area contributed by atoms with Gasteiger partial charge in [0.15, 0.2) is 0 Å². The molecule has 2 nitrogen and oxygen atoms in total. The van der Waals surface area contributed by atoms with Gasteiger partial charge in [-0.25, -0.2) is 4.98 Å². The number of aromatic nitrogens is 1. The molecule has 90 valence electrons. The summed E-state index contributed by atoms with van der Waals surface area (Å²) in [4.78, 5) is 4.31. The molecule has 0 unspecified atom stereocenters. The number of hydrogen-bond acceptors (Lipinski definition) is 3. The van der Waals surface area contributed by atoms with Crippen LogP contribution in [0.4, 0.5) is 0 Å². The standard InChI is InChI=1S/C13H22N2S/c1-10-8-13(2,3)9-11(10)14-5-4-12-15-6-7-16-12/h6-7,10-11,14H,4-5,8-9H2,1-3H3/t10-,11+/m1/s1. The highest BCUT2D eigenvalue weighted by Crippen LogP contribution is 2.40. The third kappa shape index (κ3) is 3.05. The SMILES string of the molecule is C[C@@H]1CC(C)(C)C[C@@H]1NCCc1nccs1. The summed E-state index contributed by atoms with van der Waals surface area (Å²) >= 11 is 1.75. The molecule has 0 radical (unpaired) electrons. The first-order valence-electron chi connectivity index (χ1n) is 6.19. The zero-order valence-corrected chi connectivity index (χ0v) is 11.3. The molecule has 1 aliphatic carbocycles. The monoisotopic (exact) mass is 238 g/mol. The molecule has 1 aromatic heterocycles. The van der Waals surface area contributed by atoms with E-state index in [9.17, 15) is 0 Å². The second-order valence-corrected chi connectivity index (χ2v) is 6.77. The summed E-state index contributed by atoms with van der Waals surface area (Å²) in [6, 6.07) is 0.704. The molecule has 0 saturated heterocycles. The molecule has 1 N–H and O–H groups in total. The Kier molecular flexibility index (Phi) is 3.65. The van der Waals surface area contributed by atoms with Gasteiger partial charge in [0, 0.05) is 30.6 Å². The fourth-order valence-corrected chi connectivity index (χ4v) is 3.53. The van der Waals surface area contributed by atoms with Crippen LogP contribution in [0.15, 0.2) is 11.6 Å². The first-order valence-corrected chi connectivity index (χ1v) is 7.06. The number of nitrogens with one attached hydrogen (secondary N) is 1. The predicted molar refractivity (Wildman–Crippen MR) is 69.8 cm³/mol. The summed E-state index contributed by atoms with van der Waals surface area (Å²) in [6.45, 7) is 8.20. The number of nitrogens with zero attached hydrogens (tertiary/aromatic N) is 1. The highest BCUT2D eigenvalue weighted by Gasteiger charge is 2.35. The topological polar surface area (TPSA) is 24.9 Å². The van der Waals surface area contributed by atoms with Crippen LogP contribution in [0.3, 0.4) is 0 Å². The van der Waals surface area contributed by atoms with Crippen LogP contribution in [-0.2, 0) is 6.42 Å². The van der Waals surface area contributed by atoms with Gasteiger partial charge >= 0.3 is 0 Å². The van der Waals surface area contributed by atoms with E-state index in [4.69, 9.17) is 0 Å². The molecule has 1 fully saturated rings. The van der Waals surface area contributed by atoms with Crippen molar-refractivity contribution in [2.45, 2.75) is 46.1 Å². The van der Waals surface area contributed by atoms with Crippen LogP contribution in [-0.4, -0.2) is 17.6 Å². The predicted octanol–water partition coefficient (Wildman–Crippen LogP) is 3.10. The molecule has 1 saturated carbocycles. The van der Waals surface area contributed by atoms with Gasteiger partial charge in [-0.3, -0.25) is 0 Å². The van der Waals surface area contributed by atoms with Gasteiger partial charge in [0.1, 0.15) is 0 Å². The Hall–Kier alpha value is -0.410. The molecule has 0 aromatic carbocycles. The highest BCUT2D eigenvalue weighted by molar-refractivity contribution is 7.09. The van der Waals surface area contributed by atoms with Crippen LogP contribution in [0.25, 0.3) is 0 Å². The van der Waals surface area contributed by atoms with Gasteiger partial charge in [0.25, 0.3) is 0 Å². The second kappa shape index (κ2) is 4.84. The molecule has 0 amide bonds. The van der Waals surface area contributed by atoms with Gasteiger partial charge in [0.05, 0.1) is 5.01 Å². The van der Waals surface area contributed by atoms with Crippen molar-refractivity contribution in [1.29, 1.82) is 0 Å². The van der Waals surface area contributed by atoms with Crippen LogP contribution in [0, 0.1) is 11.3 Å². The Bertz CT molecular complexity index is 319. The molecule has 1 heterocycles. The maximum atomic E-state index is 4.31. The van der Waals surface area contributed by atoms with Crippen LogP contribution in [0.1, 0.15) is 38.6 Å². The van der Waals surface area contributed by atoms with Crippen molar-refractivity contribution < 1.29 is 0 Å². The summed E-state index contributed by atoms with van der Waals surface area (Å²) in [5, 5.41) is 6.99. The zero-order chi connectivity index (χ0) is 11.6. The van der Waals surface area contributed by atoms with Crippen molar-refractivity contribution >= 4 is 11.3 Å². The van der Waals surface area contributed by atoms with E-state index in [-0.39, 0.29) is 0 Å². The Morgan fingerprint density at radius 2 is 2.31 bits per heavy atom. The van der Waals surface area contributed by atoms with E-state index in [1.54, 1.807) is 11.3 Å². The van der Waals surface area contributed by atoms with Crippen molar-refractivity contribution in [2.24, 2.45) is 11.3 Å². The zero-order valence-electron chi connectivity index (χ0n) is 10.5. The molecule has 0 bridgehead atoms. The lowest BCUT2D eigenvalue weighted by Gasteiger charge is -2.18. The minimum absolute atomic E-state index is 0.526. The molecular weight excluding hydrogens is 216 g/mol. The van der Waals surface area contributed by atoms with E-state index in [0.717, 1.165) is 18.9 Å². The Labute approximate surface area is 102 Å². The van der Waals surface area contributed by atoms with Crippen molar-refractivity contribution in [3.63, 3.8) is 0 Å². The molecule has 3 heteroatoms. The molecule has 2 rings (SSSR count). The Morgan fingerprint density at radius 3 is 2.88 bits per heavy atom. The molecule has 1 aliphatic rings. The highest BCUT2D eigenvalue weighted by atomic mass is 32.1. The number of thiazole rings is 1. The van der Waals surface area contributed by atoms with Gasteiger partial charge in [-0.15, -0.1) is 11.3 Å². The number of hydrogen-bond donors (Lipinski definition) is 1. The lowest BCUT2D eigenvalue weighted by Crippen LogP contribution is -2.33. The largest absolute Gasteiger partial charge is 0.313 e. The average molecular weight is 238 g/mol. The Balaban J connectivity index is 1.74. The first kappa shape index (κ1) is 12.1. The Morgan fingerprint density at radius 1 is 1.50 bits per heavy atom. The van der Waals surface area contributed by atoms with E-state index in [1.807, 2.05) is 6.20 Å². The van der Waals surface area contributed by atoms with E-state index in [2.05, 4.69) is 36.5 Å². The summed E-state index contributed by atoms with van der Waals surface area (Å²) in [5.41, 5.74) is 0.526. The third-order valence-corrected chi connectivity index (χ3v) is 4.40. The lowest BCUT2D eigenvalue weighted by atomic mass is 9.91. The fourth-order valence-electron chi connectivity index (χ4n) is 2.91. The van der Waals surface area contributed by atoms with E-state index >= 15 is 0 Å².